The third-order valence-electron chi connectivity index (χ3n) is 3.98. The van der Waals surface area contributed by atoms with Gasteiger partial charge in [0.15, 0.2) is 0 Å². The van der Waals surface area contributed by atoms with E-state index in [1.165, 1.54) is 12.8 Å². The number of carbonyl (C=O) groups excluding carboxylic acids is 1. The van der Waals surface area contributed by atoms with Crippen LogP contribution in [0.2, 0.25) is 0 Å². The highest BCUT2D eigenvalue weighted by molar-refractivity contribution is 5.85. The quantitative estimate of drug-likeness (QED) is 0.845. The summed E-state index contributed by atoms with van der Waals surface area (Å²) in [5.41, 5.74) is 1.14. The molecule has 116 valence electrons. The molecule has 2 unspecified atom stereocenters. The van der Waals surface area contributed by atoms with Crippen LogP contribution in [-0.4, -0.2) is 31.6 Å². The summed E-state index contributed by atoms with van der Waals surface area (Å²) in [4.78, 5) is 11.9. The van der Waals surface area contributed by atoms with E-state index in [-0.39, 0.29) is 30.5 Å². The standard InChI is InChI=1S/C16H22N2O2.ClH/c19-15(11-17-10-12-6-7-12)18-14-8-9-20-16(14)13-4-2-1-3-5-13;/h1-5,12,14,16-17H,6-11H2,(H,18,19);1H. The summed E-state index contributed by atoms with van der Waals surface area (Å²) in [6.45, 7) is 2.09. The summed E-state index contributed by atoms with van der Waals surface area (Å²) >= 11 is 0. The molecule has 1 aliphatic heterocycles. The summed E-state index contributed by atoms with van der Waals surface area (Å²) in [7, 11) is 0. The zero-order chi connectivity index (χ0) is 13.8. The van der Waals surface area contributed by atoms with Crippen LogP contribution in [0.25, 0.3) is 0 Å². The Morgan fingerprint density at radius 3 is 2.67 bits per heavy atom. The summed E-state index contributed by atoms with van der Waals surface area (Å²) in [5, 5.41) is 6.32. The van der Waals surface area contributed by atoms with Crippen molar-refractivity contribution >= 4 is 18.3 Å². The van der Waals surface area contributed by atoms with Crippen molar-refractivity contribution in [1.82, 2.24) is 10.6 Å². The summed E-state index contributed by atoms with van der Waals surface area (Å²) < 4.78 is 5.77. The lowest BCUT2D eigenvalue weighted by molar-refractivity contribution is -0.121. The highest BCUT2D eigenvalue weighted by Gasteiger charge is 2.30. The first-order valence-electron chi connectivity index (χ1n) is 7.49. The van der Waals surface area contributed by atoms with Crippen molar-refractivity contribution in [2.75, 3.05) is 19.7 Å². The average Bonchev–Trinajstić information content (AvgIpc) is 3.17. The second-order valence-corrected chi connectivity index (χ2v) is 5.74. The smallest absolute Gasteiger partial charge is 0.234 e. The number of hydrogen-bond donors (Lipinski definition) is 2. The second-order valence-electron chi connectivity index (χ2n) is 5.74. The van der Waals surface area contributed by atoms with Crippen LogP contribution in [0.1, 0.15) is 30.9 Å². The number of carbonyl (C=O) groups is 1. The van der Waals surface area contributed by atoms with Crippen molar-refractivity contribution in [3.63, 3.8) is 0 Å². The van der Waals surface area contributed by atoms with Gasteiger partial charge in [0.2, 0.25) is 5.91 Å². The van der Waals surface area contributed by atoms with Gasteiger partial charge in [-0.1, -0.05) is 30.3 Å². The fourth-order valence-electron chi connectivity index (χ4n) is 2.68. The third-order valence-corrected chi connectivity index (χ3v) is 3.98. The van der Waals surface area contributed by atoms with E-state index >= 15 is 0 Å². The van der Waals surface area contributed by atoms with Gasteiger partial charge in [0.25, 0.3) is 0 Å². The lowest BCUT2D eigenvalue weighted by Crippen LogP contribution is -2.42. The molecule has 1 saturated heterocycles. The van der Waals surface area contributed by atoms with Crippen molar-refractivity contribution in [1.29, 1.82) is 0 Å². The predicted molar refractivity (Wildman–Crippen MR) is 84.5 cm³/mol. The molecule has 1 amide bonds. The van der Waals surface area contributed by atoms with E-state index in [9.17, 15) is 4.79 Å². The Morgan fingerprint density at radius 2 is 1.95 bits per heavy atom. The number of benzene rings is 1. The van der Waals surface area contributed by atoms with Gasteiger partial charge in [0.05, 0.1) is 12.6 Å². The van der Waals surface area contributed by atoms with Crippen molar-refractivity contribution < 1.29 is 9.53 Å². The SMILES string of the molecule is Cl.O=C(CNCC1CC1)NC1CCOC1c1ccccc1. The molecular formula is C16H23ClN2O2. The molecule has 21 heavy (non-hydrogen) atoms. The van der Waals surface area contributed by atoms with Crippen LogP contribution in [-0.2, 0) is 9.53 Å². The minimum atomic E-state index is -0.0106. The molecule has 3 rings (SSSR count). The first kappa shape index (κ1) is 16.3. The molecule has 0 aromatic heterocycles. The van der Waals surface area contributed by atoms with Crippen molar-refractivity contribution in [3.05, 3.63) is 35.9 Å². The van der Waals surface area contributed by atoms with E-state index in [1.807, 2.05) is 18.2 Å². The topological polar surface area (TPSA) is 50.4 Å². The maximum Gasteiger partial charge on any atom is 0.234 e. The summed E-state index contributed by atoms with van der Waals surface area (Å²) in [5.74, 6) is 0.872. The minimum Gasteiger partial charge on any atom is -0.371 e. The molecule has 1 heterocycles. The molecule has 1 saturated carbocycles. The highest BCUT2D eigenvalue weighted by Crippen LogP contribution is 2.29. The Hall–Kier alpha value is -1.10. The van der Waals surface area contributed by atoms with E-state index in [0.29, 0.717) is 13.2 Å². The lowest BCUT2D eigenvalue weighted by atomic mass is 10.0. The number of hydrogen-bond acceptors (Lipinski definition) is 3. The van der Waals surface area contributed by atoms with Gasteiger partial charge in [-0.15, -0.1) is 12.4 Å². The Morgan fingerprint density at radius 1 is 1.19 bits per heavy atom. The molecule has 4 nitrogen and oxygen atoms in total. The molecule has 1 aromatic carbocycles. The Kier molecular flexibility index (Phi) is 6.03. The van der Waals surface area contributed by atoms with Crippen molar-refractivity contribution in [3.8, 4) is 0 Å². The van der Waals surface area contributed by atoms with Crippen molar-refractivity contribution in [2.24, 2.45) is 5.92 Å². The third kappa shape index (κ3) is 4.70. The summed E-state index contributed by atoms with van der Waals surface area (Å²) in [6.07, 6.45) is 3.49. The number of nitrogens with one attached hydrogen (secondary N) is 2. The molecule has 5 heteroatoms. The van der Waals surface area contributed by atoms with Crippen LogP contribution < -0.4 is 10.6 Å². The minimum absolute atomic E-state index is 0. The van der Waals surface area contributed by atoms with Crippen LogP contribution in [0.4, 0.5) is 0 Å². The van der Waals surface area contributed by atoms with Gasteiger partial charge in [-0.05, 0) is 37.3 Å². The van der Waals surface area contributed by atoms with Gasteiger partial charge in [0, 0.05) is 6.61 Å². The largest absolute Gasteiger partial charge is 0.371 e. The highest BCUT2D eigenvalue weighted by atomic mass is 35.5. The average molecular weight is 311 g/mol. The number of ether oxygens (including phenoxy) is 1. The van der Waals surface area contributed by atoms with Crippen LogP contribution in [0.15, 0.2) is 30.3 Å². The maximum absolute atomic E-state index is 11.9. The zero-order valence-electron chi connectivity index (χ0n) is 12.1. The van der Waals surface area contributed by atoms with Gasteiger partial charge >= 0.3 is 0 Å². The van der Waals surface area contributed by atoms with Gasteiger partial charge in [-0.25, -0.2) is 0 Å². The molecule has 2 atom stereocenters. The first-order chi connectivity index (χ1) is 9.83. The van der Waals surface area contributed by atoms with Gasteiger partial charge in [-0.2, -0.15) is 0 Å². The maximum atomic E-state index is 11.9. The monoisotopic (exact) mass is 310 g/mol. The van der Waals surface area contributed by atoms with E-state index in [0.717, 1.165) is 24.4 Å². The number of halogens is 1. The second kappa shape index (κ2) is 7.78. The normalized spacial score (nSPS) is 24.4. The molecule has 2 aliphatic rings. The Balaban J connectivity index is 0.00000161. The first-order valence-corrected chi connectivity index (χ1v) is 7.49. The van der Waals surface area contributed by atoms with Crippen LogP contribution >= 0.6 is 12.4 Å². The van der Waals surface area contributed by atoms with E-state index < -0.39 is 0 Å². The van der Waals surface area contributed by atoms with E-state index in [2.05, 4.69) is 22.8 Å². The molecule has 0 bridgehead atoms. The fourth-order valence-corrected chi connectivity index (χ4v) is 2.68. The Labute approximate surface area is 132 Å². The number of rotatable bonds is 6. The molecule has 1 aliphatic carbocycles. The van der Waals surface area contributed by atoms with Gasteiger partial charge in [0.1, 0.15) is 6.10 Å². The molecule has 2 N–H and O–H groups in total. The van der Waals surface area contributed by atoms with Crippen LogP contribution in [0, 0.1) is 5.92 Å². The summed E-state index contributed by atoms with van der Waals surface area (Å²) in [6, 6.07) is 10.2. The molecular weight excluding hydrogens is 288 g/mol. The van der Waals surface area contributed by atoms with Crippen LogP contribution in [0.5, 0.6) is 0 Å². The molecule has 0 radical (unpaired) electrons. The molecule has 0 spiro atoms. The van der Waals surface area contributed by atoms with E-state index in [4.69, 9.17) is 4.74 Å². The molecule has 2 fully saturated rings. The van der Waals surface area contributed by atoms with Crippen molar-refractivity contribution in [2.45, 2.75) is 31.4 Å². The zero-order valence-corrected chi connectivity index (χ0v) is 12.9. The fraction of sp³-hybridized carbons (Fsp3) is 0.562. The predicted octanol–water partition coefficient (Wildman–Crippen LogP) is 2.05. The van der Waals surface area contributed by atoms with E-state index in [1.54, 1.807) is 0 Å². The Bertz CT molecular complexity index is 451. The lowest BCUT2D eigenvalue weighted by Gasteiger charge is -2.20. The molecule has 1 aromatic rings. The van der Waals surface area contributed by atoms with Gasteiger partial charge < -0.3 is 15.4 Å². The van der Waals surface area contributed by atoms with Crippen LogP contribution in [0.3, 0.4) is 0 Å². The number of amides is 1. The van der Waals surface area contributed by atoms with Gasteiger partial charge in [-0.3, -0.25) is 4.79 Å².